The molecule has 0 spiro atoms. The van der Waals surface area contributed by atoms with Crippen LogP contribution in [-0.4, -0.2) is 21.4 Å². The predicted molar refractivity (Wildman–Crippen MR) is 66.8 cm³/mol. The molecule has 1 N–H and O–H groups in total. The zero-order valence-corrected chi connectivity index (χ0v) is 10.8. The molecule has 1 atom stereocenters. The van der Waals surface area contributed by atoms with Crippen LogP contribution in [0.25, 0.3) is 11.4 Å². The fourth-order valence-electron chi connectivity index (χ4n) is 1.68. The van der Waals surface area contributed by atoms with Crippen molar-refractivity contribution in [3.63, 3.8) is 0 Å². The highest BCUT2D eigenvalue weighted by molar-refractivity contribution is 7.08. The van der Waals surface area contributed by atoms with Gasteiger partial charge in [-0.3, -0.25) is 0 Å². The molecule has 2 rings (SSSR count). The van der Waals surface area contributed by atoms with E-state index in [0.717, 1.165) is 12.0 Å². The highest BCUT2D eigenvalue weighted by Gasteiger charge is 2.14. The summed E-state index contributed by atoms with van der Waals surface area (Å²) in [5.41, 5.74) is 0.961. The smallest absolute Gasteiger partial charge is 0.229 e. The van der Waals surface area contributed by atoms with Crippen LogP contribution in [0.3, 0.4) is 0 Å². The Morgan fingerprint density at radius 1 is 1.47 bits per heavy atom. The maximum absolute atomic E-state index is 9.79. The number of aliphatic hydroxyl groups is 1. The van der Waals surface area contributed by atoms with Crippen LogP contribution < -0.4 is 0 Å². The molecule has 17 heavy (non-hydrogen) atoms. The second-order valence-electron chi connectivity index (χ2n) is 4.51. The van der Waals surface area contributed by atoms with E-state index in [9.17, 15) is 5.11 Å². The maximum Gasteiger partial charge on any atom is 0.229 e. The molecule has 2 heterocycles. The summed E-state index contributed by atoms with van der Waals surface area (Å²) < 4.78 is 5.12. The van der Waals surface area contributed by atoms with Gasteiger partial charge in [-0.25, -0.2) is 0 Å². The summed E-state index contributed by atoms with van der Waals surface area (Å²) >= 11 is 1.59. The van der Waals surface area contributed by atoms with E-state index in [4.69, 9.17) is 4.52 Å². The molecular formula is C12H16N2O2S. The molecule has 0 saturated carbocycles. The third kappa shape index (κ3) is 3.38. The van der Waals surface area contributed by atoms with E-state index in [1.54, 1.807) is 11.3 Å². The van der Waals surface area contributed by atoms with Crippen molar-refractivity contribution >= 4 is 11.3 Å². The zero-order chi connectivity index (χ0) is 12.3. The van der Waals surface area contributed by atoms with Crippen LogP contribution in [0.5, 0.6) is 0 Å². The van der Waals surface area contributed by atoms with Gasteiger partial charge in [0.1, 0.15) is 0 Å². The highest BCUT2D eigenvalue weighted by atomic mass is 32.1. The molecule has 0 aliphatic heterocycles. The van der Waals surface area contributed by atoms with Gasteiger partial charge in [0.25, 0.3) is 0 Å². The molecule has 0 bridgehead atoms. The van der Waals surface area contributed by atoms with Crippen molar-refractivity contribution in [3.05, 3.63) is 22.7 Å². The Bertz CT molecular complexity index is 451. The Labute approximate surface area is 104 Å². The normalized spacial score (nSPS) is 13.2. The lowest BCUT2D eigenvalue weighted by atomic mass is 10.0. The average Bonchev–Trinajstić information content (AvgIpc) is 2.84. The molecule has 2 aromatic rings. The fraction of sp³-hybridized carbons (Fsp3) is 0.500. The van der Waals surface area contributed by atoms with E-state index in [1.165, 1.54) is 0 Å². The van der Waals surface area contributed by atoms with Crippen LogP contribution in [0, 0.1) is 5.92 Å². The van der Waals surface area contributed by atoms with Crippen LogP contribution in [-0.2, 0) is 6.42 Å². The summed E-state index contributed by atoms with van der Waals surface area (Å²) in [6, 6.07) is 1.95. The zero-order valence-electron chi connectivity index (χ0n) is 9.96. The quantitative estimate of drug-likeness (QED) is 0.889. The molecule has 4 nitrogen and oxygen atoms in total. The van der Waals surface area contributed by atoms with Crippen molar-refractivity contribution < 1.29 is 9.63 Å². The Balaban J connectivity index is 1.99. The summed E-state index contributed by atoms with van der Waals surface area (Å²) in [6.45, 7) is 4.15. The molecular weight excluding hydrogens is 236 g/mol. The van der Waals surface area contributed by atoms with Crippen LogP contribution in [0.1, 0.15) is 26.2 Å². The van der Waals surface area contributed by atoms with Crippen molar-refractivity contribution in [3.8, 4) is 11.4 Å². The molecule has 92 valence electrons. The summed E-state index contributed by atoms with van der Waals surface area (Å²) in [5, 5.41) is 17.6. The summed E-state index contributed by atoms with van der Waals surface area (Å²) in [6.07, 6.45) is 0.761. The molecule has 0 aliphatic rings. The van der Waals surface area contributed by atoms with Gasteiger partial charge in [-0.05, 0) is 23.8 Å². The van der Waals surface area contributed by atoms with Gasteiger partial charge in [-0.15, -0.1) is 0 Å². The second-order valence-corrected chi connectivity index (χ2v) is 5.29. The number of thiophene rings is 1. The van der Waals surface area contributed by atoms with Gasteiger partial charge in [0.15, 0.2) is 0 Å². The Kier molecular flexibility index (Phi) is 3.91. The first-order valence-electron chi connectivity index (χ1n) is 5.68. The summed E-state index contributed by atoms with van der Waals surface area (Å²) in [7, 11) is 0. The third-order valence-corrected chi connectivity index (χ3v) is 3.08. The van der Waals surface area contributed by atoms with E-state index in [2.05, 4.69) is 24.0 Å². The number of rotatable bonds is 5. The second kappa shape index (κ2) is 5.42. The van der Waals surface area contributed by atoms with Crippen LogP contribution in [0.15, 0.2) is 21.3 Å². The number of nitrogens with zero attached hydrogens (tertiary/aromatic N) is 2. The Morgan fingerprint density at radius 2 is 2.29 bits per heavy atom. The minimum atomic E-state index is -0.411. The van der Waals surface area contributed by atoms with Gasteiger partial charge in [-0.1, -0.05) is 19.0 Å². The van der Waals surface area contributed by atoms with Crippen LogP contribution in [0.2, 0.25) is 0 Å². The first-order chi connectivity index (χ1) is 8.15. The molecule has 0 aromatic carbocycles. The molecule has 1 unspecified atom stereocenters. The van der Waals surface area contributed by atoms with Crippen LogP contribution in [0.4, 0.5) is 0 Å². The molecule has 0 aliphatic carbocycles. The van der Waals surface area contributed by atoms with E-state index >= 15 is 0 Å². The van der Waals surface area contributed by atoms with Crippen molar-refractivity contribution in [1.82, 2.24) is 10.1 Å². The van der Waals surface area contributed by atoms with Crippen molar-refractivity contribution in [2.75, 3.05) is 0 Å². The van der Waals surface area contributed by atoms with Crippen molar-refractivity contribution in [2.45, 2.75) is 32.8 Å². The lowest BCUT2D eigenvalue weighted by Crippen LogP contribution is -2.13. The number of hydrogen-bond acceptors (Lipinski definition) is 5. The summed E-state index contributed by atoms with van der Waals surface area (Å²) in [5.74, 6) is 1.56. The topological polar surface area (TPSA) is 59.2 Å². The Hall–Kier alpha value is -1.20. The van der Waals surface area contributed by atoms with Gasteiger partial charge >= 0.3 is 0 Å². The SMILES string of the molecule is CC(C)CC(O)Cc1nc(-c2ccsc2)no1. The molecule has 0 amide bonds. The number of aromatic nitrogens is 2. The third-order valence-electron chi connectivity index (χ3n) is 2.40. The lowest BCUT2D eigenvalue weighted by molar-refractivity contribution is 0.138. The minimum Gasteiger partial charge on any atom is -0.393 e. The fourth-order valence-corrected chi connectivity index (χ4v) is 2.31. The predicted octanol–water partition coefficient (Wildman–Crippen LogP) is 2.75. The molecule has 0 fully saturated rings. The first-order valence-corrected chi connectivity index (χ1v) is 6.62. The largest absolute Gasteiger partial charge is 0.393 e. The van der Waals surface area contributed by atoms with Crippen molar-refractivity contribution in [2.24, 2.45) is 5.92 Å². The average molecular weight is 252 g/mol. The van der Waals surface area contributed by atoms with Crippen LogP contribution >= 0.6 is 11.3 Å². The van der Waals surface area contributed by atoms with E-state index in [0.29, 0.717) is 24.1 Å². The first kappa shape index (κ1) is 12.3. The van der Waals surface area contributed by atoms with Crippen molar-refractivity contribution in [1.29, 1.82) is 0 Å². The number of hydrogen-bond donors (Lipinski definition) is 1. The van der Waals surface area contributed by atoms with E-state index < -0.39 is 6.10 Å². The molecule has 5 heteroatoms. The standard InChI is InChI=1S/C12H16N2O2S/c1-8(2)5-10(15)6-11-13-12(14-16-11)9-3-4-17-7-9/h3-4,7-8,10,15H,5-6H2,1-2H3. The van der Waals surface area contributed by atoms with Gasteiger partial charge in [0, 0.05) is 10.9 Å². The summed E-state index contributed by atoms with van der Waals surface area (Å²) in [4.78, 5) is 4.27. The molecule has 2 aromatic heterocycles. The van der Waals surface area contributed by atoms with Gasteiger partial charge in [0.05, 0.1) is 12.5 Å². The van der Waals surface area contributed by atoms with E-state index in [1.807, 2.05) is 16.8 Å². The van der Waals surface area contributed by atoms with E-state index in [-0.39, 0.29) is 0 Å². The lowest BCUT2D eigenvalue weighted by Gasteiger charge is -2.09. The highest BCUT2D eigenvalue weighted by Crippen LogP contribution is 2.19. The maximum atomic E-state index is 9.79. The van der Waals surface area contributed by atoms with Gasteiger partial charge in [0.2, 0.25) is 11.7 Å². The van der Waals surface area contributed by atoms with Gasteiger partial charge in [-0.2, -0.15) is 16.3 Å². The Morgan fingerprint density at radius 3 is 2.94 bits per heavy atom. The minimum absolute atomic E-state index is 0.411. The number of aliphatic hydroxyl groups excluding tert-OH is 1. The van der Waals surface area contributed by atoms with Gasteiger partial charge < -0.3 is 9.63 Å². The molecule has 0 radical (unpaired) electrons. The monoisotopic (exact) mass is 252 g/mol. The molecule has 0 saturated heterocycles.